The van der Waals surface area contributed by atoms with Crippen LogP contribution in [0.5, 0.6) is 17.2 Å². The van der Waals surface area contributed by atoms with Crippen LogP contribution >= 0.6 is 0 Å². The van der Waals surface area contributed by atoms with Crippen molar-refractivity contribution in [2.45, 2.75) is 64.1 Å². The van der Waals surface area contributed by atoms with Crippen LogP contribution in [0.15, 0.2) is 34.7 Å². The molecule has 0 unspecified atom stereocenters. The molecule has 2 aromatic carbocycles. The third-order valence-corrected chi connectivity index (χ3v) is 7.21. The summed E-state index contributed by atoms with van der Waals surface area (Å²) in [6.07, 6.45) is 3.65. The van der Waals surface area contributed by atoms with Gasteiger partial charge in [0.05, 0.1) is 13.2 Å². The molecule has 5 rings (SSSR count). The fourth-order valence-corrected chi connectivity index (χ4v) is 5.02. The highest BCUT2D eigenvalue weighted by atomic mass is 19.1. The number of carboxylic acid groups (broad SMARTS) is 1. The number of aliphatic carboxylic acids is 1. The van der Waals surface area contributed by atoms with Gasteiger partial charge in [0.2, 0.25) is 11.4 Å². The van der Waals surface area contributed by atoms with Gasteiger partial charge in [0.25, 0.3) is 6.01 Å². The maximum atomic E-state index is 14.6. The molecule has 1 aromatic heterocycles. The van der Waals surface area contributed by atoms with E-state index in [2.05, 4.69) is 15.2 Å². The minimum atomic E-state index is -1.13. The third kappa shape index (κ3) is 5.50. The highest BCUT2D eigenvalue weighted by Gasteiger charge is 2.47. The lowest BCUT2D eigenvalue weighted by molar-refractivity contribution is -0.163. The maximum absolute atomic E-state index is 14.6. The number of hydrogen-bond donors (Lipinski definition) is 2. The number of oxazole rings is 1. The Balaban J connectivity index is 1.18. The SMILES string of the molecule is CCOc1cc(CN2CCC(Nc3nc4cc(OC5(C(=O)O)CCC5)ccc4o3)CC2)cc(OCC)c1F. The Hall–Kier alpha value is -3.53. The molecular formula is C28H34FN3O6. The molecular weight excluding hydrogens is 493 g/mol. The van der Waals surface area contributed by atoms with Gasteiger partial charge in [0.15, 0.2) is 17.1 Å². The molecule has 1 saturated heterocycles. The lowest BCUT2D eigenvalue weighted by atomic mass is 9.80. The van der Waals surface area contributed by atoms with Crippen molar-refractivity contribution in [3.63, 3.8) is 0 Å². The van der Waals surface area contributed by atoms with Crippen LogP contribution in [0, 0.1) is 5.82 Å². The highest BCUT2D eigenvalue weighted by Crippen LogP contribution is 2.38. The number of nitrogens with zero attached hydrogens (tertiary/aromatic N) is 2. The Bertz CT molecular complexity index is 1260. The number of carbonyl (C=O) groups is 1. The first-order chi connectivity index (χ1) is 18.4. The third-order valence-electron chi connectivity index (χ3n) is 7.21. The maximum Gasteiger partial charge on any atom is 0.348 e. The van der Waals surface area contributed by atoms with E-state index in [0.29, 0.717) is 55.5 Å². The van der Waals surface area contributed by atoms with Gasteiger partial charge in [-0.05, 0) is 75.8 Å². The molecule has 1 aliphatic carbocycles. The highest BCUT2D eigenvalue weighted by molar-refractivity contribution is 5.80. The summed E-state index contributed by atoms with van der Waals surface area (Å²) in [6, 6.07) is 9.36. The summed E-state index contributed by atoms with van der Waals surface area (Å²) in [7, 11) is 0. The zero-order chi connectivity index (χ0) is 26.7. The summed E-state index contributed by atoms with van der Waals surface area (Å²) < 4.78 is 37.2. The fraction of sp³-hybridized carbons (Fsp3) is 0.500. The van der Waals surface area contributed by atoms with Gasteiger partial charge in [-0.25, -0.2) is 4.79 Å². The minimum absolute atomic E-state index is 0.200. The van der Waals surface area contributed by atoms with Crippen molar-refractivity contribution in [3.8, 4) is 17.2 Å². The van der Waals surface area contributed by atoms with E-state index in [1.807, 2.05) is 13.8 Å². The molecule has 3 aromatic rings. The Kier molecular flexibility index (Phi) is 7.60. The molecule has 0 amide bonds. The predicted molar refractivity (Wildman–Crippen MR) is 140 cm³/mol. The molecule has 2 fully saturated rings. The lowest BCUT2D eigenvalue weighted by Crippen LogP contribution is -2.50. The average Bonchev–Trinajstić information content (AvgIpc) is 3.27. The van der Waals surface area contributed by atoms with E-state index in [9.17, 15) is 14.3 Å². The fourth-order valence-electron chi connectivity index (χ4n) is 5.02. The van der Waals surface area contributed by atoms with E-state index < -0.39 is 17.4 Å². The van der Waals surface area contributed by atoms with Gasteiger partial charge in [-0.1, -0.05) is 0 Å². The van der Waals surface area contributed by atoms with Crippen LogP contribution in [0.4, 0.5) is 10.4 Å². The number of benzene rings is 2. The van der Waals surface area contributed by atoms with E-state index >= 15 is 0 Å². The first kappa shape index (κ1) is 26.1. The second-order valence-electron chi connectivity index (χ2n) is 9.87. The summed E-state index contributed by atoms with van der Waals surface area (Å²) in [5, 5.41) is 12.9. The average molecular weight is 528 g/mol. The van der Waals surface area contributed by atoms with Gasteiger partial charge >= 0.3 is 5.97 Å². The van der Waals surface area contributed by atoms with E-state index in [1.54, 1.807) is 30.3 Å². The van der Waals surface area contributed by atoms with Gasteiger partial charge in [0, 0.05) is 31.7 Å². The monoisotopic (exact) mass is 527 g/mol. The van der Waals surface area contributed by atoms with Crippen molar-refractivity contribution >= 4 is 23.1 Å². The molecule has 204 valence electrons. The molecule has 10 heteroatoms. The molecule has 0 spiro atoms. The first-order valence-electron chi connectivity index (χ1n) is 13.3. The standard InChI is InChI=1S/C28H34FN3O6/c1-3-35-23-14-18(15-24(25(23)29)36-4-2)17-32-12-8-19(9-13-32)30-27-31-21-16-20(6-7-22(21)37-27)38-28(26(33)34)10-5-11-28/h6-7,14-16,19H,3-5,8-13,17H2,1-2H3,(H,30,31)(H,33,34). The summed E-state index contributed by atoms with van der Waals surface area (Å²) in [5.41, 5.74) is 1.05. The van der Waals surface area contributed by atoms with Crippen molar-refractivity contribution in [1.82, 2.24) is 9.88 Å². The number of ether oxygens (including phenoxy) is 3. The molecule has 1 aliphatic heterocycles. The summed E-state index contributed by atoms with van der Waals surface area (Å²) in [5.74, 6) is -0.461. The number of nitrogens with one attached hydrogen (secondary N) is 1. The van der Waals surface area contributed by atoms with Gasteiger partial charge < -0.3 is 29.1 Å². The van der Waals surface area contributed by atoms with E-state index in [4.69, 9.17) is 18.6 Å². The molecule has 9 nitrogen and oxygen atoms in total. The van der Waals surface area contributed by atoms with Gasteiger partial charge in [-0.15, -0.1) is 0 Å². The molecule has 2 aliphatic rings. The molecule has 2 N–H and O–H groups in total. The number of carboxylic acids is 1. The van der Waals surface area contributed by atoms with Gasteiger partial charge in [-0.2, -0.15) is 9.37 Å². The number of rotatable bonds is 11. The van der Waals surface area contributed by atoms with Gasteiger partial charge in [0.1, 0.15) is 11.3 Å². The number of anilines is 1. The smallest absolute Gasteiger partial charge is 0.348 e. The van der Waals surface area contributed by atoms with Crippen LogP contribution in [0.1, 0.15) is 51.5 Å². The largest absolute Gasteiger partial charge is 0.491 e. The molecule has 1 saturated carbocycles. The number of hydrogen-bond acceptors (Lipinski definition) is 8. The zero-order valence-corrected chi connectivity index (χ0v) is 21.8. The number of aromatic nitrogens is 1. The van der Waals surface area contributed by atoms with Crippen LogP contribution in [-0.2, 0) is 11.3 Å². The minimum Gasteiger partial charge on any atom is -0.491 e. The predicted octanol–water partition coefficient (Wildman–Crippen LogP) is 5.23. The number of likely N-dealkylation sites (tertiary alicyclic amines) is 1. The molecule has 0 bridgehead atoms. The first-order valence-corrected chi connectivity index (χ1v) is 13.3. The van der Waals surface area contributed by atoms with E-state index in [-0.39, 0.29) is 17.5 Å². The molecule has 38 heavy (non-hydrogen) atoms. The van der Waals surface area contributed by atoms with Gasteiger partial charge in [-0.3, -0.25) is 4.90 Å². The summed E-state index contributed by atoms with van der Waals surface area (Å²) >= 11 is 0. The van der Waals surface area contributed by atoms with Crippen LogP contribution in [0.2, 0.25) is 0 Å². The lowest BCUT2D eigenvalue weighted by Gasteiger charge is -2.37. The second-order valence-corrected chi connectivity index (χ2v) is 9.87. The molecule has 0 atom stereocenters. The van der Waals surface area contributed by atoms with Crippen LogP contribution in [-0.4, -0.2) is 58.9 Å². The topological polar surface area (TPSA) is 106 Å². The Morgan fingerprint density at radius 3 is 2.42 bits per heavy atom. The Morgan fingerprint density at radius 1 is 1.16 bits per heavy atom. The Morgan fingerprint density at radius 2 is 1.84 bits per heavy atom. The van der Waals surface area contributed by atoms with E-state index in [0.717, 1.165) is 37.9 Å². The van der Waals surface area contributed by atoms with Crippen molar-refractivity contribution in [3.05, 3.63) is 41.7 Å². The second kappa shape index (κ2) is 11.1. The normalized spacial score (nSPS) is 17.7. The van der Waals surface area contributed by atoms with Crippen molar-refractivity contribution in [2.24, 2.45) is 0 Å². The van der Waals surface area contributed by atoms with Crippen molar-refractivity contribution < 1.29 is 32.9 Å². The van der Waals surface area contributed by atoms with E-state index in [1.165, 1.54) is 0 Å². The number of piperidine rings is 1. The summed E-state index contributed by atoms with van der Waals surface area (Å²) in [6.45, 7) is 6.83. The Labute approximate surface area is 220 Å². The molecule has 0 radical (unpaired) electrons. The quantitative estimate of drug-likeness (QED) is 0.347. The molecule has 2 heterocycles. The van der Waals surface area contributed by atoms with Crippen molar-refractivity contribution in [2.75, 3.05) is 31.6 Å². The number of fused-ring (bicyclic) bond motifs is 1. The van der Waals surface area contributed by atoms with Crippen molar-refractivity contribution in [1.29, 1.82) is 0 Å². The number of halogens is 1. The summed E-state index contributed by atoms with van der Waals surface area (Å²) in [4.78, 5) is 18.5. The van der Waals surface area contributed by atoms with Crippen LogP contribution in [0.3, 0.4) is 0 Å². The zero-order valence-electron chi connectivity index (χ0n) is 21.8. The van der Waals surface area contributed by atoms with Crippen LogP contribution < -0.4 is 19.5 Å². The van der Waals surface area contributed by atoms with Crippen LogP contribution in [0.25, 0.3) is 11.1 Å².